The first-order chi connectivity index (χ1) is 8.05. The third-order valence-electron chi connectivity index (χ3n) is 3.26. The zero-order valence-corrected chi connectivity index (χ0v) is 9.56. The zero-order chi connectivity index (χ0) is 12.3. The molecule has 1 nitrogen and oxygen atoms in total. The summed E-state index contributed by atoms with van der Waals surface area (Å²) in [5.74, 6) is 0.615. The molecule has 1 aromatic carbocycles. The fourth-order valence-electron chi connectivity index (χ4n) is 2.28. The van der Waals surface area contributed by atoms with E-state index in [1.54, 1.807) is 6.07 Å². The number of rotatable bonds is 3. The summed E-state index contributed by atoms with van der Waals surface area (Å²) in [6, 6.07) is 5.40. The molecule has 2 rings (SSSR count). The maximum atomic E-state index is 12.5. The second kappa shape index (κ2) is 4.98. The van der Waals surface area contributed by atoms with E-state index in [0.29, 0.717) is 11.6 Å². The highest BCUT2D eigenvalue weighted by molar-refractivity contribution is 5.46. The van der Waals surface area contributed by atoms with E-state index in [4.69, 9.17) is 0 Å². The molecule has 0 unspecified atom stereocenters. The largest absolute Gasteiger partial charge is 0.416 e. The Morgan fingerprint density at radius 3 is 2.53 bits per heavy atom. The van der Waals surface area contributed by atoms with E-state index in [1.807, 2.05) is 0 Å². The Kier molecular flexibility index (Phi) is 3.60. The van der Waals surface area contributed by atoms with Gasteiger partial charge >= 0.3 is 6.18 Å². The fraction of sp³-hybridized carbons (Fsp3) is 0.538. The van der Waals surface area contributed by atoms with E-state index in [0.717, 1.165) is 12.6 Å². The molecule has 0 aliphatic heterocycles. The van der Waals surface area contributed by atoms with Gasteiger partial charge in [-0.15, -0.1) is 0 Å². The van der Waals surface area contributed by atoms with Crippen LogP contribution in [-0.2, 0) is 6.18 Å². The van der Waals surface area contributed by atoms with Crippen molar-refractivity contribution in [3.05, 3.63) is 29.8 Å². The number of hydrogen-bond donors (Lipinski definition) is 1. The van der Waals surface area contributed by atoms with Crippen LogP contribution in [0.1, 0.15) is 31.2 Å². The van der Waals surface area contributed by atoms with Gasteiger partial charge in [-0.3, -0.25) is 0 Å². The van der Waals surface area contributed by atoms with Crippen LogP contribution in [0.3, 0.4) is 0 Å². The Balaban J connectivity index is 1.96. The number of hydrogen-bond acceptors (Lipinski definition) is 1. The lowest BCUT2D eigenvalue weighted by atomic mass is 10.1. The lowest BCUT2D eigenvalue weighted by molar-refractivity contribution is -0.137. The SMILES string of the molecule is FC(F)(F)c1cccc(NCC2CCCC2)c1. The van der Waals surface area contributed by atoms with Crippen LogP contribution in [0.25, 0.3) is 0 Å². The van der Waals surface area contributed by atoms with Crippen molar-refractivity contribution >= 4 is 5.69 Å². The van der Waals surface area contributed by atoms with Gasteiger partial charge in [-0.2, -0.15) is 13.2 Å². The average molecular weight is 243 g/mol. The van der Waals surface area contributed by atoms with Gasteiger partial charge in [-0.1, -0.05) is 18.9 Å². The first-order valence-electron chi connectivity index (χ1n) is 5.97. The van der Waals surface area contributed by atoms with Gasteiger partial charge in [0.05, 0.1) is 5.56 Å². The predicted octanol–water partition coefficient (Wildman–Crippen LogP) is 4.31. The van der Waals surface area contributed by atoms with Gasteiger partial charge in [0.15, 0.2) is 0 Å². The first kappa shape index (κ1) is 12.3. The molecule has 1 aliphatic carbocycles. The molecule has 1 aromatic rings. The van der Waals surface area contributed by atoms with Crippen molar-refractivity contribution in [3.63, 3.8) is 0 Å². The van der Waals surface area contributed by atoms with E-state index >= 15 is 0 Å². The van der Waals surface area contributed by atoms with Crippen LogP contribution in [-0.4, -0.2) is 6.54 Å². The zero-order valence-electron chi connectivity index (χ0n) is 9.56. The smallest absolute Gasteiger partial charge is 0.385 e. The Morgan fingerprint density at radius 2 is 1.88 bits per heavy atom. The summed E-state index contributed by atoms with van der Waals surface area (Å²) in [6.07, 6.45) is 0.604. The minimum atomic E-state index is -4.26. The molecule has 0 amide bonds. The lowest BCUT2D eigenvalue weighted by Gasteiger charge is -2.13. The van der Waals surface area contributed by atoms with E-state index in [2.05, 4.69) is 5.32 Å². The van der Waals surface area contributed by atoms with Crippen molar-refractivity contribution in [2.75, 3.05) is 11.9 Å². The van der Waals surface area contributed by atoms with Crippen LogP contribution in [0.2, 0.25) is 0 Å². The second-order valence-electron chi connectivity index (χ2n) is 4.61. The third-order valence-corrected chi connectivity index (χ3v) is 3.26. The summed E-state index contributed by atoms with van der Waals surface area (Å²) in [5.41, 5.74) is -0.0272. The predicted molar refractivity (Wildman–Crippen MR) is 61.9 cm³/mol. The van der Waals surface area contributed by atoms with Gasteiger partial charge in [-0.05, 0) is 37.0 Å². The fourth-order valence-corrected chi connectivity index (χ4v) is 2.28. The highest BCUT2D eigenvalue weighted by Gasteiger charge is 2.30. The normalized spacial score (nSPS) is 17.4. The van der Waals surface area contributed by atoms with E-state index in [1.165, 1.54) is 37.8 Å². The Bertz CT molecular complexity index is 367. The van der Waals surface area contributed by atoms with Crippen LogP contribution >= 0.6 is 0 Å². The molecule has 4 heteroatoms. The van der Waals surface area contributed by atoms with Crippen molar-refractivity contribution in [3.8, 4) is 0 Å². The van der Waals surface area contributed by atoms with Gasteiger partial charge in [-0.25, -0.2) is 0 Å². The van der Waals surface area contributed by atoms with Crippen molar-refractivity contribution in [2.24, 2.45) is 5.92 Å². The molecule has 0 heterocycles. The first-order valence-corrected chi connectivity index (χ1v) is 5.97. The second-order valence-corrected chi connectivity index (χ2v) is 4.61. The maximum absolute atomic E-state index is 12.5. The maximum Gasteiger partial charge on any atom is 0.416 e. The summed E-state index contributed by atoms with van der Waals surface area (Å²) < 4.78 is 37.4. The highest BCUT2D eigenvalue weighted by atomic mass is 19.4. The average Bonchev–Trinajstić information content (AvgIpc) is 2.78. The molecule has 1 fully saturated rings. The standard InChI is InChI=1S/C13H16F3N/c14-13(15,16)11-6-3-7-12(8-11)17-9-10-4-1-2-5-10/h3,6-8,10,17H,1-2,4-5,9H2. The van der Waals surface area contributed by atoms with Crippen molar-refractivity contribution in [1.29, 1.82) is 0 Å². The molecule has 1 N–H and O–H groups in total. The monoisotopic (exact) mass is 243 g/mol. The lowest BCUT2D eigenvalue weighted by Crippen LogP contribution is -2.12. The van der Waals surface area contributed by atoms with Gasteiger partial charge in [0.2, 0.25) is 0 Å². The number of halogens is 3. The molecule has 0 atom stereocenters. The summed E-state index contributed by atoms with van der Waals surface area (Å²) in [4.78, 5) is 0. The van der Waals surface area contributed by atoms with E-state index in [-0.39, 0.29) is 0 Å². The van der Waals surface area contributed by atoms with Crippen LogP contribution in [0.4, 0.5) is 18.9 Å². The van der Waals surface area contributed by atoms with Crippen LogP contribution < -0.4 is 5.32 Å². The van der Waals surface area contributed by atoms with Crippen LogP contribution in [0.5, 0.6) is 0 Å². The van der Waals surface area contributed by atoms with Crippen molar-refractivity contribution in [2.45, 2.75) is 31.9 Å². The van der Waals surface area contributed by atoms with Crippen LogP contribution in [0, 0.1) is 5.92 Å². The molecule has 1 aliphatic rings. The molecule has 0 radical (unpaired) electrons. The number of benzene rings is 1. The number of alkyl halides is 3. The Labute approximate surface area is 99.0 Å². The number of anilines is 1. The molecule has 1 saturated carbocycles. The van der Waals surface area contributed by atoms with Crippen LogP contribution in [0.15, 0.2) is 24.3 Å². The van der Waals surface area contributed by atoms with Gasteiger partial charge in [0.1, 0.15) is 0 Å². The van der Waals surface area contributed by atoms with Crippen molar-refractivity contribution in [1.82, 2.24) is 0 Å². The third kappa shape index (κ3) is 3.38. The summed E-state index contributed by atoms with van der Waals surface area (Å²) in [7, 11) is 0. The van der Waals surface area contributed by atoms with E-state index < -0.39 is 11.7 Å². The molecular formula is C13H16F3N. The topological polar surface area (TPSA) is 12.0 Å². The van der Waals surface area contributed by atoms with Gasteiger partial charge in [0.25, 0.3) is 0 Å². The molecule has 17 heavy (non-hydrogen) atoms. The highest BCUT2D eigenvalue weighted by Crippen LogP contribution is 2.31. The van der Waals surface area contributed by atoms with Gasteiger partial charge in [0, 0.05) is 12.2 Å². The Morgan fingerprint density at radius 1 is 1.18 bits per heavy atom. The number of nitrogens with one attached hydrogen (secondary N) is 1. The van der Waals surface area contributed by atoms with E-state index in [9.17, 15) is 13.2 Å². The summed E-state index contributed by atoms with van der Waals surface area (Å²) >= 11 is 0. The summed E-state index contributed by atoms with van der Waals surface area (Å²) in [5, 5.41) is 3.10. The van der Waals surface area contributed by atoms with Crippen molar-refractivity contribution < 1.29 is 13.2 Å². The minimum Gasteiger partial charge on any atom is -0.385 e. The quantitative estimate of drug-likeness (QED) is 0.834. The Hall–Kier alpha value is -1.19. The molecule has 94 valence electrons. The summed E-state index contributed by atoms with van der Waals surface area (Å²) in [6.45, 7) is 0.779. The van der Waals surface area contributed by atoms with Gasteiger partial charge < -0.3 is 5.32 Å². The molecule has 0 aromatic heterocycles. The molecule has 0 saturated heterocycles. The molecular weight excluding hydrogens is 227 g/mol. The minimum absolute atomic E-state index is 0.562. The molecule has 0 bridgehead atoms. The molecule has 0 spiro atoms.